The van der Waals surface area contributed by atoms with Gasteiger partial charge in [-0.2, -0.15) is 0 Å². The second-order valence-corrected chi connectivity index (χ2v) is 5.02. The molecule has 0 aromatic heterocycles. The van der Waals surface area contributed by atoms with Gasteiger partial charge in [-0.15, -0.1) is 0 Å². The van der Waals surface area contributed by atoms with E-state index in [9.17, 15) is 9.18 Å². The summed E-state index contributed by atoms with van der Waals surface area (Å²) in [5.41, 5.74) is 12.3. The Balaban J connectivity index is 2.15. The van der Waals surface area contributed by atoms with Gasteiger partial charge in [-0.25, -0.2) is 4.39 Å². The maximum absolute atomic E-state index is 13.9. The first-order valence-electron chi connectivity index (χ1n) is 6.66. The number of rotatable bonds is 5. The molecule has 2 rings (SSSR count). The molecule has 0 aliphatic rings. The van der Waals surface area contributed by atoms with E-state index in [4.69, 9.17) is 11.5 Å². The molecule has 0 saturated heterocycles. The van der Waals surface area contributed by atoms with E-state index >= 15 is 0 Å². The number of hydrogen-bond donors (Lipinski definition) is 3. The first-order valence-corrected chi connectivity index (χ1v) is 6.66. The number of halogens is 1. The van der Waals surface area contributed by atoms with Crippen LogP contribution in [0.5, 0.6) is 0 Å². The van der Waals surface area contributed by atoms with Gasteiger partial charge in [0.25, 0.3) is 5.91 Å². The fourth-order valence-electron chi connectivity index (χ4n) is 2.20. The van der Waals surface area contributed by atoms with Crippen molar-refractivity contribution in [3.05, 3.63) is 59.4 Å². The summed E-state index contributed by atoms with van der Waals surface area (Å²) in [6.07, 6.45) is 0.733. The number of hydrogen-bond acceptors (Lipinski definition) is 3. The van der Waals surface area contributed by atoms with Gasteiger partial charge in [-0.05, 0) is 31.0 Å². The first-order chi connectivity index (χ1) is 9.97. The Bertz CT molecular complexity index is 643. The molecule has 0 spiro atoms. The van der Waals surface area contributed by atoms with Crippen molar-refractivity contribution >= 4 is 17.3 Å². The lowest BCUT2D eigenvalue weighted by atomic mass is 10.1. The number of amides is 1. The molecule has 5 N–H and O–H groups in total. The highest BCUT2D eigenvalue weighted by atomic mass is 19.1. The van der Waals surface area contributed by atoms with E-state index in [-0.39, 0.29) is 23.0 Å². The molecular weight excluding hydrogens is 269 g/mol. The lowest BCUT2D eigenvalue weighted by Gasteiger charge is -2.17. The third-order valence-corrected chi connectivity index (χ3v) is 3.19. The molecule has 0 saturated carbocycles. The Labute approximate surface area is 123 Å². The SMILES string of the molecule is CC(Cc1ccccc1)Nc1cc(C(N)=O)c(N)cc1F. The molecule has 5 heteroatoms. The van der Waals surface area contributed by atoms with Gasteiger partial charge in [0.1, 0.15) is 5.82 Å². The summed E-state index contributed by atoms with van der Waals surface area (Å²) in [7, 11) is 0. The van der Waals surface area contributed by atoms with Crippen molar-refractivity contribution in [2.45, 2.75) is 19.4 Å². The molecule has 1 atom stereocenters. The van der Waals surface area contributed by atoms with Crippen molar-refractivity contribution in [2.75, 3.05) is 11.1 Å². The smallest absolute Gasteiger partial charge is 0.250 e. The number of nitrogens with two attached hydrogens (primary N) is 2. The summed E-state index contributed by atoms with van der Waals surface area (Å²) in [4.78, 5) is 11.3. The number of anilines is 2. The van der Waals surface area contributed by atoms with E-state index in [1.165, 1.54) is 6.07 Å². The molecule has 0 radical (unpaired) electrons. The lowest BCUT2D eigenvalue weighted by molar-refractivity contribution is 0.100. The molecule has 2 aromatic carbocycles. The van der Waals surface area contributed by atoms with Gasteiger partial charge in [-0.3, -0.25) is 4.79 Å². The minimum absolute atomic E-state index is 0.00810. The average molecular weight is 287 g/mol. The van der Waals surface area contributed by atoms with Crippen molar-refractivity contribution in [2.24, 2.45) is 5.73 Å². The van der Waals surface area contributed by atoms with E-state index in [2.05, 4.69) is 5.32 Å². The van der Waals surface area contributed by atoms with E-state index in [0.717, 1.165) is 18.1 Å². The fourth-order valence-corrected chi connectivity index (χ4v) is 2.20. The van der Waals surface area contributed by atoms with Crippen LogP contribution < -0.4 is 16.8 Å². The van der Waals surface area contributed by atoms with Crippen LogP contribution in [0.4, 0.5) is 15.8 Å². The highest BCUT2D eigenvalue weighted by molar-refractivity contribution is 5.99. The summed E-state index contributed by atoms with van der Waals surface area (Å²) in [5, 5.41) is 3.04. The quantitative estimate of drug-likeness (QED) is 0.739. The number of nitrogens with one attached hydrogen (secondary N) is 1. The van der Waals surface area contributed by atoms with Crippen LogP contribution in [0.15, 0.2) is 42.5 Å². The number of primary amides is 1. The zero-order valence-corrected chi connectivity index (χ0v) is 11.8. The second-order valence-electron chi connectivity index (χ2n) is 5.02. The molecule has 1 unspecified atom stereocenters. The minimum Gasteiger partial charge on any atom is -0.398 e. The lowest BCUT2D eigenvalue weighted by Crippen LogP contribution is -2.20. The normalized spacial score (nSPS) is 11.9. The second kappa shape index (κ2) is 6.26. The van der Waals surface area contributed by atoms with Crippen LogP contribution in [0.1, 0.15) is 22.8 Å². The first kappa shape index (κ1) is 14.8. The van der Waals surface area contributed by atoms with E-state index < -0.39 is 11.7 Å². The van der Waals surface area contributed by atoms with Gasteiger partial charge >= 0.3 is 0 Å². The molecular formula is C16H18FN3O. The Morgan fingerprint density at radius 2 is 1.95 bits per heavy atom. The van der Waals surface area contributed by atoms with E-state index in [1.807, 2.05) is 37.3 Å². The van der Waals surface area contributed by atoms with Crippen LogP contribution in [0, 0.1) is 5.82 Å². The number of carbonyl (C=O) groups excluding carboxylic acids is 1. The monoisotopic (exact) mass is 287 g/mol. The molecule has 0 aliphatic carbocycles. The summed E-state index contributed by atoms with van der Waals surface area (Å²) in [6, 6.07) is 12.3. The van der Waals surface area contributed by atoms with Crippen LogP contribution in [-0.2, 0) is 6.42 Å². The minimum atomic E-state index is -0.675. The molecule has 4 nitrogen and oxygen atoms in total. The fraction of sp³-hybridized carbons (Fsp3) is 0.188. The predicted octanol–water partition coefficient (Wildman–Crippen LogP) is 2.55. The third-order valence-electron chi connectivity index (χ3n) is 3.19. The molecule has 21 heavy (non-hydrogen) atoms. The van der Waals surface area contributed by atoms with Gasteiger partial charge in [0.05, 0.1) is 11.3 Å². The summed E-state index contributed by atoms with van der Waals surface area (Å²) in [5.74, 6) is -1.18. The highest BCUT2D eigenvalue weighted by Crippen LogP contribution is 2.23. The molecule has 0 aliphatic heterocycles. The van der Waals surface area contributed by atoms with Crippen LogP contribution in [0.25, 0.3) is 0 Å². The molecule has 110 valence electrons. The van der Waals surface area contributed by atoms with Crippen molar-refractivity contribution < 1.29 is 9.18 Å². The van der Waals surface area contributed by atoms with Crippen LogP contribution >= 0.6 is 0 Å². The number of benzene rings is 2. The van der Waals surface area contributed by atoms with Crippen LogP contribution in [0.3, 0.4) is 0 Å². The Morgan fingerprint density at radius 1 is 1.29 bits per heavy atom. The van der Waals surface area contributed by atoms with Gasteiger partial charge in [0.15, 0.2) is 0 Å². The van der Waals surface area contributed by atoms with Gasteiger partial charge in [-0.1, -0.05) is 30.3 Å². The topological polar surface area (TPSA) is 81.1 Å². The van der Waals surface area contributed by atoms with Crippen LogP contribution in [-0.4, -0.2) is 11.9 Å². The van der Waals surface area contributed by atoms with E-state index in [0.29, 0.717) is 0 Å². The summed E-state index contributed by atoms with van der Waals surface area (Å²) >= 11 is 0. The summed E-state index contributed by atoms with van der Waals surface area (Å²) in [6.45, 7) is 1.94. The zero-order chi connectivity index (χ0) is 15.4. The van der Waals surface area contributed by atoms with Crippen molar-refractivity contribution in [3.63, 3.8) is 0 Å². The Hall–Kier alpha value is -2.56. The predicted molar refractivity (Wildman–Crippen MR) is 82.6 cm³/mol. The average Bonchev–Trinajstić information content (AvgIpc) is 2.42. The van der Waals surface area contributed by atoms with Crippen molar-refractivity contribution in [3.8, 4) is 0 Å². The van der Waals surface area contributed by atoms with Gasteiger partial charge < -0.3 is 16.8 Å². The van der Waals surface area contributed by atoms with Gasteiger partial charge in [0, 0.05) is 11.7 Å². The van der Waals surface area contributed by atoms with Crippen molar-refractivity contribution in [1.82, 2.24) is 0 Å². The van der Waals surface area contributed by atoms with Crippen molar-refractivity contribution in [1.29, 1.82) is 0 Å². The number of nitrogen functional groups attached to an aromatic ring is 1. The van der Waals surface area contributed by atoms with Gasteiger partial charge in [0.2, 0.25) is 0 Å². The maximum Gasteiger partial charge on any atom is 0.250 e. The Morgan fingerprint density at radius 3 is 2.57 bits per heavy atom. The van der Waals surface area contributed by atoms with Crippen LogP contribution in [0.2, 0.25) is 0 Å². The molecule has 1 amide bonds. The molecule has 2 aromatic rings. The maximum atomic E-state index is 13.9. The standard InChI is InChI=1S/C16H18FN3O/c1-10(7-11-5-3-2-4-6-11)20-15-8-12(16(19)21)14(18)9-13(15)17/h2-6,8-10,20H,7,18H2,1H3,(H2,19,21). The van der Waals surface area contributed by atoms with E-state index in [1.54, 1.807) is 0 Å². The third kappa shape index (κ3) is 3.72. The highest BCUT2D eigenvalue weighted by Gasteiger charge is 2.13. The molecule has 0 heterocycles. The largest absolute Gasteiger partial charge is 0.398 e. The summed E-state index contributed by atoms with van der Waals surface area (Å²) < 4.78 is 13.9. The number of carbonyl (C=O) groups is 1. The zero-order valence-electron chi connectivity index (χ0n) is 11.8. The molecule has 0 bridgehead atoms. The Kier molecular flexibility index (Phi) is 4.42. The molecule has 0 fully saturated rings.